The zero-order valence-electron chi connectivity index (χ0n) is 14.1. The SMILES string of the molecule is CCCC(NC(=O)CC1CSCCN1)c1cccc(C(F)(F)F)c1.Cl. The summed E-state index contributed by atoms with van der Waals surface area (Å²) in [7, 11) is 0. The average molecular weight is 397 g/mol. The summed E-state index contributed by atoms with van der Waals surface area (Å²) in [4.78, 5) is 12.3. The van der Waals surface area contributed by atoms with Crippen LogP contribution >= 0.6 is 24.2 Å². The predicted octanol–water partition coefficient (Wildman–Crippen LogP) is 4.18. The van der Waals surface area contributed by atoms with Gasteiger partial charge in [-0.05, 0) is 24.1 Å². The lowest BCUT2D eigenvalue weighted by molar-refractivity contribution is -0.137. The monoisotopic (exact) mass is 396 g/mol. The zero-order chi connectivity index (χ0) is 17.6. The number of benzene rings is 1. The lowest BCUT2D eigenvalue weighted by Crippen LogP contribution is -2.42. The maximum Gasteiger partial charge on any atom is 0.416 e. The topological polar surface area (TPSA) is 41.1 Å². The van der Waals surface area contributed by atoms with Crippen molar-refractivity contribution >= 4 is 30.1 Å². The highest BCUT2D eigenvalue weighted by Crippen LogP contribution is 2.31. The Balaban J connectivity index is 0.00000312. The molecule has 1 aromatic carbocycles. The third-order valence-electron chi connectivity index (χ3n) is 3.96. The number of hydrogen-bond donors (Lipinski definition) is 2. The molecule has 25 heavy (non-hydrogen) atoms. The lowest BCUT2D eigenvalue weighted by Gasteiger charge is -2.25. The van der Waals surface area contributed by atoms with Crippen LogP contribution in [0.15, 0.2) is 24.3 Å². The second-order valence-corrected chi connectivity index (χ2v) is 7.11. The van der Waals surface area contributed by atoms with E-state index in [1.807, 2.05) is 18.7 Å². The fourth-order valence-electron chi connectivity index (χ4n) is 2.77. The molecule has 1 aliphatic heterocycles. The van der Waals surface area contributed by atoms with Gasteiger partial charge < -0.3 is 10.6 Å². The number of nitrogens with one attached hydrogen (secondary N) is 2. The first-order valence-corrected chi connectivity index (χ1v) is 9.33. The number of carbonyl (C=O) groups is 1. The van der Waals surface area contributed by atoms with Gasteiger partial charge in [-0.25, -0.2) is 0 Å². The fourth-order valence-corrected chi connectivity index (χ4v) is 3.72. The van der Waals surface area contributed by atoms with E-state index in [1.165, 1.54) is 6.07 Å². The van der Waals surface area contributed by atoms with Gasteiger partial charge in [0.2, 0.25) is 5.91 Å². The Kier molecular flexibility index (Phi) is 9.10. The van der Waals surface area contributed by atoms with Gasteiger partial charge in [-0.15, -0.1) is 12.4 Å². The average Bonchev–Trinajstić information content (AvgIpc) is 2.55. The first kappa shape index (κ1) is 22.1. The molecule has 0 aliphatic carbocycles. The number of amides is 1. The van der Waals surface area contributed by atoms with Gasteiger partial charge in [0.15, 0.2) is 0 Å². The molecule has 2 N–H and O–H groups in total. The van der Waals surface area contributed by atoms with E-state index in [0.717, 1.165) is 36.6 Å². The Morgan fingerprint density at radius 2 is 2.20 bits per heavy atom. The number of carbonyl (C=O) groups excluding carboxylic acids is 1. The van der Waals surface area contributed by atoms with E-state index in [9.17, 15) is 18.0 Å². The molecule has 2 rings (SSSR count). The summed E-state index contributed by atoms with van der Waals surface area (Å²) in [6, 6.07) is 4.97. The van der Waals surface area contributed by atoms with Gasteiger partial charge in [0.05, 0.1) is 11.6 Å². The molecule has 3 nitrogen and oxygen atoms in total. The quantitative estimate of drug-likeness (QED) is 0.757. The molecule has 0 aromatic heterocycles. The minimum Gasteiger partial charge on any atom is -0.349 e. The van der Waals surface area contributed by atoms with Crippen molar-refractivity contribution in [3.63, 3.8) is 0 Å². The summed E-state index contributed by atoms with van der Waals surface area (Å²) >= 11 is 1.81. The Hall–Kier alpha value is -0.920. The first-order valence-electron chi connectivity index (χ1n) is 8.17. The summed E-state index contributed by atoms with van der Waals surface area (Å²) < 4.78 is 38.7. The van der Waals surface area contributed by atoms with Crippen molar-refractivity contribution in [3.8, 4) is 0 Å². The normalized spacial score (nSPS) is 19.0. The molecule has 1 aromatic rings. The Morgan fingerprint density at radius 3 is 2.80 bits per heavy atom. The molecule has 142 valence electrons. The Labute approximate surface area is 156 Å². The highest BCUT2D eigenvalue weighted by atomic mass is 35.5. The molecule has 1 saturated heterocycles. The largest absolute Gasteiger partial charge is 0.416 e. The molecule has 0 saturated carbocycles. The van der Waals surface area contributed by atoms with Crippen LogP contribution in [0.1, 0.15) is 43.4 Å². The van der Waals surface area contributed by atoms with Crippen LogP contribution in [-0.2, 0) is 11.0 Å². The third kappa shape index (κ3) is 7.07. The minimum absolute atomic E-state index is 0. The van der Waals surface area contributed by atoms with Crippen molar-refractivity contribution in [2.45, 2.75) is 44.4 Å². The summed E-state index contributed by atoms with van der Waals surface area (Å²) in [5.41, 5.74) is -0.174. The molecule has 1 amide bonds. The lowest BCUT2D eigenvalue weighted by atomic mass is 9.99. The summed E-state index contributed by atoms with van der Waals surface area (Å²) in [6.45, 7) is 2.83. The van der Waals surface area contributed by atoms with Gasteiger partial charge in [-0.1, -0.05) is 25.5 Å². The van der Waals surface area contributed by atoms with Crippen molar-refractivity contribution < 1.29 is 18.0 Å². The van der Waals surface area contributed by atoms with Crippen LogP contribution in [0.3, 0.4) is 0 Å². The van der Waals surface area contributed by atoms with E-state index in [-0.39, 0.29) is 30.4 Å². The predicted molar refractivity (Wildman–Crippen MR) is 98.2 cm³/mol. The molecule has 8 heteroatoms. The van der Waals surface area contributed by atoms with E-state index in [1.54, 1.807) is 6.07 Å². The maximum atomic E-state index is 12.9. The molecule has 2 unspecified atom stereocenters. The van der Waals surface area contributed by atoms with Crippen LogP contribution in [0.25, 0.3) is 0 Å². The number of halogens is 4. The molecule has 0 radical (unpaired) electrons. The van der Waals surface area contributed by atoms with Crippen molar-refractivity contribution in [1.29, 1.82) is 0 Å². The standard InChI is InChI=1S/C17H23F3N2OS.ClH/c1-2-4-15(12-5-3-6-13(9-12)17(18,19)20)22-16(23)10-14-11-24-8-7-21-14;/h3,5-6,9,14-15,21H,2,4,7-8,10-11H2,1H3,(H,22,23);1H. The molecule has 0 spiro atoms. The first-order chi connectivity index (χ1) is 11.4. The van der Waals surface area contributed by atoms with Gasteiger partial charge in [0, 0.05) is 30.5 Å². The zero-order valence-corrected chi connectivity index (χ0v) is 15.7. The second kappa shape index (κ2) is 10.3. The molecule has 1 aliphatic rings. The van der Waals surface area contributed by atoms with E-state index in [0.29, 0.717) is 18.4 Å². The third-order valence-corrected chi connectivity index (χ3v) is 5.09. The molecule has 1 heterocycles. The highest BCUT2D eigenvalue weighted by molar-refractivity contribution is 7.99. The van der Waals surface area contributed by atoms with Crippen molar-refractivity contribution in [3.05, 3.63) is 35.4 Å². The maximum absolute atomic E-state index is 12.9. The van der Waals surface area contributed by atoms with Gasteiger partial charge >= 0.3 is 6.18 Å². The summed E-state index contributed by atoms with van der Waals surface area (Å²) in [5.74, 6) is 1.81. The van der Waals surface area contributed by atoms with Gasteiger partial charge in [0.1, 0.15) is 0 Å². The number of hydrogen-bond acceptors (Lipinski definition) is 3. The molecule has 2 atom stereocenters. The van der Waals surface area contributed by atoms with Gasteiger partial charge in [-0.3, -0.25) is 4.79 Å². The van der Waals surface area contributed by atoms with Crippen LogP contribution in [0.2, 0.25) is 0 Å². The van der Waals surface area contributed by atoms with E-state index in [4.69, 9.17) is 0 Å². The fraction of sp³-hybridized carbons (Fsp3) is 0.588. The smallest absolute Gasteiger partial charge is 0.349 e. The van der Waals surface area contributed by atoms with Crippen molar-refractivity contribution in [2.75, 3.05) is 18.1 Å². The Morgan fingerprint density at radius 1 is 1.44 bits per heavy atom. The van der Waals surface area contributed by atoms with E-state index in [2.05, 4.69) is 10.6 Å². The second-order valence-electron chi connectivity index (χ2n) is 5.96. The molecule has 0 bridgehead atoms. The van der Waals surface area contributed by atoms with E-state index >= 15 is 0 Å². The minimum atomic E-state index is -4.37. The molecular weight excluding hydrogens is 373 g/mol. The molecule has 1 fully saturated rings. The van der Waals surface area contributed by atoms with Crippen LogP contribution in [-0.4, -0.2) is 30.0 Å². The van der Waals surface area contributed by atoms with Crippen LogP contribution in [0.5, 0.6) is 0 Å². The van der Waals surface area contributed by atoms with E-state index < -0.39 is 11.7 Å². The van der Waals surface area contributed by atoms with Crippen LogP contribution in [0, 0.1) is 0 Å². The van der Waals surface area contributed by atoms with Crippen molar-refractivity contribution in [2.24, 2.45) is 0 Å². The van der Waals surface area contributed by atoms with Crippen LogP contribution < -0.4 is 10.6 Å². The van der Waals surface area contributed by atoms with Crippen LogP contribution in [0.4, 0.5) is 13.2 Å². The van der Waals surface area contributed by atoms with Crippen molar-refractivity contribution in [1.82, 2.24) is 10.6 Å². The number of rotatable bonds is 6. The number of thioether (sulfide) groups is 1. The summed E-state index contributed by atoms with van der Waals surface area (Å²) in [5, 5.41) is 6.20. The number of alkyl halides is 3. The highest BCUT2D eigenvalue weighted by Gasteiger charge is 2.31. The Bertz CT molecular complexity index is 551. The summed E-state index contributed by atoms with van der Waals surface area (Å²) in [6.07, 6.45) is -2.63. The molecular formula is C17H24ClF3N2OS. The van der Waals surface area contributed by atoms with Gasteiger partial charge in [-0.2, -0.15) is 24.9 Å². The van der Waals surface area contributed by atoms with Gasteiger partial charge in [0.25, 0.3) is 0 Å².